The average Bonchev–Trinajstić information content (AvgIpc) is 0.899. The highest BCUT2D eigenvalue weighted by atomic mass is 31.2. The van der Waals surface area contributed by atoms with Crippen molar-refractivity contribution in [3.8, 4) is 0 Å². The van der Waals surface area contributed by atoms with E-state index >= 15 is 0 Å². The number of hydrogen-bond acceptors (Lipinski definition) is 15. The molecule has 0 aromatic rings. The third-order valence-electron chi connectivity index (χ3n) is 21.2. The van der Waals surface area contributed by atoms with Crippen LogP contribution in [-0.4, -0.2) is 96.7 Å². The molecule has 0 spiro atoms. The van der Waals surface area contributed by atoms with Gasteiger partial charge in [0.1, 0.15) is 19.3 Å². The fourth-order valence-corrected chi connectivity index (χ4v) is 15.7. The van der Waals surface area contributed by atoms with Gasteiger partial charge < -0.3 is 33.8 Å². The molecule has 0 aliphatic carbocycles. The van der Waals surface area contributed by atoms with Crippen molar-refractivity contribution in [2.45, 2.75) is 503 Å². The van der Waals surface area contributed by atoms with Crippen LogP contribution < -0.4 is 0 Å². The Labute approximate surface area is 670 Å². The second kappa shape index (κ2) is 81.2. The molecule has 0 aromatic carbocycles. The predicted molar refractivity (Wildman–Crippen MR) is 451 cm³/mol. The molecule has 0 bridgehead atoms. The highest BCUT2D eigenvalue weighted by molar-refractivity contribution is 7.47. The van der Waals surface area contributed by atoms with Gasteiger partial charge in [0.2, 0.25) is 0 Å². The number of carbonyl (C=O) groups excluding carboxylic acids is 4. The quantitative estimate of drug-likeness (QED) is 0.0222. The lowest BCUT2D eigenvalue weighted by atomic mass is 10.0. The van der Waals surface area contributed by atoms with Crippen LogP contribution in [0.5, 0.6) is 0 Å². The molecule has 0 heterocycles. The van der Waals surface area contributed by atoms with Crippen LogP contribution in [0, 0.1) is 11.8 Å². The van der Waals surface area contributed by atoms with Crippen molar-refractivity contribution in [3.05, 3.63) is 0 Å². The minimum absolute atomic E-state index is 0.108. The summed E-state index contributed by atoms with van der Waals surface area (Å²) in [5.74, 6) is -0.573. The first-order chi connectivity index (χ1) is 52.9. The summed E-state index contributed by atoms with van der Waals surface area (Å²) >= 11 is 0. The number of carbonyl (C=O) groups is 4. The Kier molecular flexibility index (Phi) is 79.8. The van der Waals surface area contributed by atoms with Crippen molar-refractivity contribution in [1.29, 1.82) is 0 Å². The largest absolute Gasteiger partial charge is 0.472 e. The van der Waals surface area contributed by atoms with Crippen molar-refractivity contribution in [1.82, 2.24) is 0 Å². The third kappa shape index (κ3) is 83.8. The van der Waals surface area contributed by atoms with Crippen LogP contribution in [0.15, 0.2) is 0 Å². The van der Waals surface area contributed by atoms with Crippen LogP contribution in [0.2, 0.25) is 0 Å². The topological polar surface area (TPSA) is 237 Å². The van der Waals surface area contributed by atoms with Gasteiger partial charge in [-0.1, -0.05) is 433 Å². The fraction of sp³-hybridized carbons (Fsp3) is 0.956. The minimum Gasteiger partial charge on any atom is -0.462 e. The predicted octanol–water partition coefficient (Wildman–Crippen LogP) is 27.8. The summed E-state index contributed by atoms with van der Waals surface area (Å²) in [5.41, 5.74) is 0. The summed E-state index contributed by atoms with van der Waals surface area (Å²) in [6.07, 6.45) is 75.2. The van der Waals surface area contributed by atoms with Gasteiger partial charge in [-0.3, -0.25) is 37.3 Å². The van der Waals surface area contributed by atoms with Crippen molar-refractivity contribution in [2.75, 3.05) is 39.6 Å². The molecule has 0 saturated heterocycles. The highest BCUT2D eigenvalue weighted by Gasteiger charge is 2.31. The average molecular weight is 1590 g/mol. The second-order valence-electron chi connectivity index (χ2n) is 33.3. The SMILES string of the molecule is CCCCCCCCCCCCCCCCCCCCCC(=O)OC[C@H](COP(=O)(O)OC[C@@H](O)COP(=O)(O)OC[C@@H](COC(=O)CCCCCCCCCC(C)C)OC(=O)CCCCCCCCCCCCCCCCCCCCC)OC(=O)CCCCCCCCCCCCCCCCCCCCC(C)C. The lowest BCUT2D eigenvalue weighted by Crippen LogP contribution is -2.30. The third-order valence-corrected chi connectivity index (χ3v) is 23.1. The summed E-state index contributed by atoms with van der Waals surface area (Å²) in [5, 5.41) is 10.7. The van der Waals surface area contributed by atoms with E-state index in [0.717, 1.165) is 102 Å². The van der Waals surface area contributed by atoms with Crippen molar-refractivity contribution >= 4 is 39.5 Å². The van der Waals surface area contributed by atoms with Gasteiger partial charge in [0.25, 0.3) is 0 Å². The second-order valence-corrected chi connectivity index (χ2v) is 36.2. The van der Waals surface area contributed by atoms with E-state index in [0.29, 0.717) is 31.6 Å². The van der Waals surface area contributed by atoms with Gasteiger partial charge in [-0.05, 0) is 37.5 Å². The highest BCUT2D eigenvalue weighted by Crippen LogP contribution is 2.45. The number of aliphatic hydroxyl groups is 1. The Balaban J connectivity index is 5.22. The molecular formula is C90H176O17P2. The Bertz CT molecular complexity index is 2080. The minimum atomic E-state index is -4.97. The number of unbranched alkanes of at least 4 members (excludes halogenated alkanes) is 59. The molecule has 3 N–H and O–H groups in total. The zero-order valence-electron chi connectivity index (χ0n) is 71.9. The van der Waals surface area contributed by atoms with E-state index < -0.39 is 97.5 Å². The van der Waals surface area contributed by atoms with Gasteiger partial charge in [-0.25, -0.2) is 9.13 Å². The van der Waals surface area contributed by atoms with E-state index in [1.807, 2.05) is 0 Å². The molecule has 0 fully saturated rings. The lowest BCUT2D eigenvalue weighted by molar-refractivity contribution is -0.161. The number of ether oxygens (including phenoxy) is 4. The first-order valence-electron chi connectivity index (χ1n) is 46.5. The molecule has 0 aliphatic rings. The van der Waals surface area contributed by atoms with Gasteiger partial charge in [0.15, 0.2) is 12.2 Å². The molecule has 648 valence electrons. The number of hydrogen-bond donors (Lipinski definition) is 3. The van der Waals surface area contributed by atoms with Crippen LogP contribution >= 0.6 is 15.6 Å². The number of esters is 4. The van der Waals surface area contributed by atoms with E-state index in [4.69, 9.17) is 37.0 Å². The fourth-order valence-electron chi connectivity index (χ4n) is 14.1. The molecule has 0 aliphatic heterocycles. The van der Waals surface area contributed by atoms with Gasteiger partial charge in [-0.2, -0.15) is 0 Å². The standard InChI is InChI=1S/C90H176O17P2/c1-7-9-11-13-15-17-19-21-23-25-27-32-36-40-44-48-54-60-66-72-87(92)100-78-85(106-89(94)74-68-63-56-50-46-42-38-34-30-29-31-35-39-43-47-52-58-64-70-82(3)4)80-104-108(96,97)102-76-84(91)77-103-109(98,99)105-81-86(79-101-88(93)73-67-61-57-51-53-59-65-71-83(5)6)107-90(95)75-69-62-55-49-45-41-37-33-28-26-24-22-20-18-16-14-12-10-8-2/h82-86,91H,7-81H2,1-6H3,(H,96,97)(H,98,99)/t84-,85-,86-/m1/s1. The first-order valence-corrected chi connectivity index (χ1v) is 49.5. The van der Waals surface area contributed by atoms with E-state index in [9.17, 15) is 43.2 Å². The van der Waals surface area contributed by atoms with E-state index in [-0.39, 0.29) is 25.7 Å². The van der Waals surface area contributed by atoms with Crippen LogP contribution in [0.3, 0.4) is 0 Å². The molecule has 0 amide bonds. The van der Waals surface area contributed by atoms with Crippen molar-refractivity contribution in [2.24, 2.45) is 11.8 Å². The summed E-state index contributed by atoms with van der Waals surface area (Å²) in [4.78, 5) is 73.3. The molecular weight excluding hydrogens is 1410 g/mol. The molecule has 0 radical (unpaired) electrons. The zero-order chi connectivity index (χ0) is 79.9. The molecule has 0 saturated carbocycles. The Hall–Kier alpha value is -1.94. The van der Waals surface area contributed by atoms with Gasteiger partial charge in [0, 0.05) is 25.7 Å². The van der Waals surface area contributed by atoms with E-state index in [2.05, 4.69) is 41.5 Å². The molecule has 0 rings (SSSR count). The molecule has 5 atom stereocenters. The molecule has 109 heavy (non-hydrogen) atoms. The Morgan fingerprint density at radius 3 is 0.624 bits per heavy atom. The Morgan fingerprint density at radius 1 is 0.248 bits per heavy atom. The van der Waals surface area contributed by atoms with Crippen molar-refractivity contribution in [3.63, 3.8) is 0 Å². The number of phosphoric ester groups is 2. The summed E-state index contributed by atoms with van der Waals surface area (Å²) in [7, 11) is -9.93. The summed E-state index contributed by atoms with van der Waals surface area (Å²) in [6, 6.07) is 0. The van der Waals surface area contributed by atoms with E-state index in [1.54, 1.807) is 0 Å². The van der Waals surface area contributed by atoms with Crippen LogP contribution in [-0.2, 0) is 65.4 Å². The maximum absolute atomic E-state index is 13.2. The summed E-state index contributed by atoms with van der Waals surface area (Å²) < 4.78 is 69.0. The molecule has 19 heteroatoms. The first kappa shape index (κ1) is 107. The normalized spacial score (nSPS) is 13.8. The molecule has 0 aromatic heterocycles. The van der Waals surface area contributed by atoms with E-state index in [1.165, 1.54) is 295 Å². The van der Waals surface area contributed by atoms with Crippen molar-refractivity contribution < 1.29 is 80.2 Å². The van der Waals surface area contributed by atoms with Crippen LogP contribution in [0.1, 0.15) is 485 Å². The number of phosphoric acid groups is 2. The smallest absolute Gasteiger partial charge is 0.462 e. The van der Waals surface area contributed by atoms with Crippen LogP contribution in [0.25, 0.3) is 0 Å². The van der Waals surface area contributed by atoms with Gasteiger partial charge in [-0.15, -0.1) is 0 Å². The van der Waals surface area contributed by atoms with Crippen LogP contribution in [0.4, 0.5) is 0 Å². The van der Waals surface area contributed by atoms with Gasteiger partial charge in [0.05, 0.1) is 26.4 Å². The summed E-state index contributed by atoms with van der Waals surface area (Å²) in [6.45, 7) is 9.68. The maximum atomic E-state index is 13.2. The molecule has 2 unspecified atom stereocenters. The Morgan fingerprint density at radius 2 is 0.422 bits per heavy atom. The van der Waals surface area contributed by atoms with Gasteiger partial charge >= 0.3 is 39.5 Å². The molecule has 17 nitrogen and oxygen atoms in total. The monoisotopic (exact) mass is 1590 g/mol. The lowest BCUT2D eigenvalue weighted by Gasteiger charge is -2.21. The number of rotatable bonds is 89. The zero-order valence-corrected chi connectivity index (χ0v) is 73.7. The maximum Gasteiger partial charge on any atom is 0.472 e. The number of aliphatic hydroxyl groups excluding tert-OH is 1.